The summed E-state index contributed by atoms with van der Waals surface area (Å²) >= 11 is 0. The van der Waals surface area contributed by atoms with E-state index in [2.05, 4.69) is 14.0 Å². The first-order valence-electron chi connectivity index (χ1n) is 11.7. The van der Waals surface area contributed by atoms with E-state index in [1.54, 1.807) is 0 Å². The summed E-state index contributed by atoms with van der Waals surface area (Å²) in [4.78, 5) is 0. The van der Waals surface area contributed by atoms with Crippen LogP contribution < -0.4 is 12.4 Å². The molecule has 0 aromatic rings. The molecule has 166 valence electrons. The zero-order chi connectivity index (χ0) is 19.3. The Morgan fingerprint density at radius 2 is 0.778 bits per heavy atom. The summed E-state index contributed by atoms with van der Waals surface area (Å²) < 4.78 is 0.811. The van der Waals surface area contributed by atoms with E-state index in [1.165, 1.54) is 103 Å². The summed E-state index contributed by atoms with van der Waals surface area (Å²) in [5.74, 6) is 0. The van der Waals surface area contributed by atoms with Crippen molar-refractivity contribution >= 4 is 0 Å². The zero-order valence-electron chi connectivity index (χ0n) is 18.6. The smallest absolute Gasteiger partial charge is 0.102 e. The molecule has 0 spiro atoms. The molecular weight excluding hydrogens is 358 g/mol. The number of rotatable bonds is 21. The highest BCUT2D eigenvalue weighted by Gasteiger charge is 2.19. The second-order valence-corrected chi connectivity index (χ2v) is 8.54. The molecule has 0 saturated heterocycles. The van der Waals surface area contributed by atoms with E-state index in [0.717, 1.165) is 24.1 Å². The van der Waals surface area contributed by atoms with Gasteiger partial charge in [0.2, 0.25) is 0 Å². The first-order valence-corrected chi connectivity index (χ1v) is 11.7. The second-order valence-electron chi connectivity index (χ2n) is 8.54. The molecule has 0 unspecified atom stereocenters. The number of nitrogens with zero attached hydrogens (tertiary/aromatic N) is 1. The fourth-order valence-corrected chi connectivity index (χ4v) is 3.86. The predicted molar refractivity (Wildman–Crippen MR) is 115 cm³/mol. The minimum absolute atomic E-state index is 0. The van der Waals surface area contributed by atoms with Gasteiger partial charge in [0, 0.05) is 0 Å². The SMILES string of the molecule is CCCCCCCCCCCCCCCCCC[N+](C)(CCO)CCO.[Cl-]. The molecule has 27 heavy (non-hydrogen) atoms. The van der Waals surface area contributed by atoms with Crippen molar-refractivity contribution in [3.05, 3.63) is 0 Å². The number of likely N-dealkylation sites (N-methyl/N-ethyl adjacent to an activating group) is 1. The van der Waals surface area contributed by atoms with Crippen molar-refractivity contribution in [1.29, 1.82) is 0 Å². The Labute approximate surface area is 176 Å². The normalized spacial score (nSPS) is 11.6. The van der Waals surface area contributed by atoms with Gasteiger partial charge in [0.15, 0.2) is 0 Å². The van der Waals surface area contributed by atoms with Gasteiger partial charge in [-0.05, 0) is 12.8 Å². The van der Waals surface area contributed by atoms with E-state index < -0.39 is 0 Å². The fourth-order valence-electron chi connectivity index (χ4n) is 3.86. The molecule has 0 aliphatic heterocycles. The van der Waals surface area contributed by atoms with Crippen LogP contribution >= 0.6 is 0 Å². The first kappa shape index (κ1) is 29.4. The summed E-state index contributed by atoms with van der Waals surface area (Å²) in [5, 5.41) is 18.3. The van der Waals surface area contributed by atoms with Crippen LogP contribution in [0.25, 0.3) is 0 Å². The first-order chi connectivity index (χ1) is 12.7. The largest absolute Gasteiger partial charge is 1.00 e. The quantitative estimate of drug-likeness (QED) is 0.227. The molecule has 0 aliphatic rings. The van der Waals surface area contributed by atoms with E-state index in [-0.39, 0.29) is 25.6 Å². The molecule has 0 aromatic carbocycles. The van der Waals surface area contributed by atoms with Crippen molar-refractivity contribution in [3.63, 3.8) is 0 Å². The van der Waals surface area contributed by atoms with Gasteiger partial charge >= 0.3 is 0 Å². The molecule has 0 saturated carbocycles. The summed E-state index contributed by atoms with van der Waals surface area (Å²) in [6, 6.07) is 0. The Morgan fingerprint density at radius 1 is 0.481 bits per heavy atom. The maximum absolute atomic E-state index is 9.17. The molecule has 0 bridgehead atoms. The molecule has 0 rings (SSSR count). The standard InChI is InChI=1S/C23H50NO2.ClH/c1-3-4-5-6-7-8-9-10-11-12-13-14-15-16-17-18-19-24(2,20-22-25)21-23-26;/h25-26H,3-23H2,1-2H3;1H/q+1;/p-1. The van der Waals surface area contributed by atoms with Crippen molar-refractivity contribution in [2.75, 3.05) is 39.9 Å². The summed E-state index contributed by atoms with van der Waals surface area (Å²) in [6.45, 7) is 5.33. The molecule has 0 amide bonds. The third-order valence-corrected chi connectivity index (χ3v) is 5.83. The molecule has 4 heteroatoms. The van der Waals surface area contributed by atoms with Crippen molar-refractivity contribution < 1.29 is 27.1 Å². The Balaban J connectivity index is 0. The maximum Gasteiger partial charge on any atom is 0.102 e. The monoisotopic (exact) mass is 407 g/mol. The zero-order valence-corrected chi connectivity index (χ0v) is 19.3. The average molecular weight is 408 g/mol. The highest BCUT2D eigenvalue weighted by Crippen LogP contribution is 2.14. The van der Waals surface area contributed by atoms with Gasteiger partial charge in [-0.2, -0.15) is 0 Å². The minimum atomic E-state index is 0. The highest BCUT2D eigenvalue weighted by molar-refractivity contribution is 4.50. The number of quaternary nitrogens is 1. The van der Waals surface area contributed by atoms with Gasteiger partial charge in [-0.3, -0.25) is 0 Å². The van der Waals surface area contributed by atoms with Crippen LogP contribution in [-0.4, -0.2) is 54.6 Å². The van der Waals surface area contributed by atoms with Gasteiger partial charge in [0.05, 0.1) is 26.8 Å². The lowest BCUT2D eigenvalue weighted by Crippen LogP contribution is -3.00. The second kappa shape index (κ2) is 22.5. The molecule has 0 fully saturated rings. The van der Waals surface area contributed by atoms with Gasteiger partial charge < -0.3 is 27.1 Å². The Bertz CT molecular complexity index is 271. The maximum atomic E-state index is 9.17. The van der Waals surface area contributed by atoms with Crippen LogP contribution in [0.2, 0.25) is 0 Å². The topological polar surface area (TPSA) is 40.5 Å². The van der Waals surface area contributed by atoms with Crippen molar-refractivity contribution in [3.8, 4) is 0 Å². The Hall–Kier alpha value is 0.170. The van der Waals surface area contributed by atoms with Crippen molar-refractivity contribution in [1.82, 2.24) is 0 Å². The van der Waals surface area contributed by atoms with E-state index >= 15 is 0 Å². The van der Waals surface area contributed by atoms with Crippen LogP contribution in [0.1, 0.15) is 110 Å². The van der Waals surface area contributed by atoms with E-state index in [4.69, 9.17) is 10.2 Å². The molecule has 0 atom stereocenters. The van der Waals surface area contributed by atoms with Crippen LogP contribution in [0.4, 0.5) is 0 Å². The molecule has 0 heterocycles. The molecule has 2 N–H and O–H groups in total. The number of aliphatic hydroxyl groups is 2. The number of aliphatic hydroxyl groups excluding tert-OH is 2. The van der Waals surface area contributed by atoms with E-state index in [0.29, 0.717) is 0 Å². The third kappa shape index (κ3) is 20.7. The predicted octanol–water partition coefficient (Wildman–Crippen LogP) is 2.68. The fraction of sp³-hybridized carbons (Fsp3) is 1.00. The molecule has 3 nitrogen and oxygen atoms in total. The van der Waals surface area contributed by atoms with Crippen LogP contribution in [0.3, 0.4) is 0 Å². The van der Waals surface area contributed by atoms with Gasteiger partial charge in [-0.15, -0.1) is 0 Å². The molecular formula is C23H50ClNO2. The van der Waals surface area contributed by atoms with Gasteiger partial charge in [-0.1, -0.05) is 96.8 Å². The lowest BCUT2D eigenvalue weighted by atomic mass is 10.0. The highest BCUT2D eigenvalue weighted by atomic mass is 35.5. The number of hydrogen-bond donors (Lipinski definition) is 2. The molecule has 0 radical (unpaired) electrons. The van der Waals surface area contributed by atoms with Gasteiger partial charge in [0.1, 0.15) is 13.1 Å². The molecule has 0 aromatic heterocycles. The Morgan fingerprint density at radius 3 is 1.07 bits per heavy atom. The summed E-state index contributed by atoms with van der Waals surface area (Å²) in [5.41, 5.74) is 0. The van der Waals surface area contributed by atoms with Crippen LogP contribution in [-0.2, 0) is 0 Å². The molecule has 0 aliphatic carbocycles. The van der Waals surface area contributed by atoms with E-state index in [9.17, 15) is 0 Å². The third-order valence-electron chi connectivity index (χ3n) is 5.83. The van der Waals surface area contributed by atoms with Crippen molar-refractivity contribution in [2.45, 2.75) is 110 Å². The summed E-state index contributed by atoms with van der Waals surface area (Å²) in [6.07, 6.45) is 22.4. The van der Waals surface area contributed by atoms with Gasteiger partial charge in [-0.25, -0.2) is 0 Å². The van der Waals surface area contributed by atoms with Crippen LogP contribution in [0.5, 0.6) is 0 Å². The number of halogens is 1. The number of unbranched alkanes of at least 4 members (excludes halogenated alkanes) is 15. The average Bonchev–Trinajstić information content (AvgIpc) is 2.62. The van der Waals surface area contributed by atoms with Crippen molar-refractivity contribution in [2.24, 2.45) is 0 Å². The van der Waals surface area contributed by atoms with Crippen LogP contribution in [0, 0.1) is 0 Å². The lowest BCUT2D eigenvalue weighted by molar-refractivity contribution is -0.910. The minimum Gasteiger partial charge on any atom is -1.00 e. The van der Waals surface area contributed by atoms with Crippen LogP contribution in [0.15, 0.2) is 0 Å². The van der Waals surface area contributed by atoms with E-state index in [1.807, 2.05) is 0 Å². The number of hydrogen-bond acceptors (Lipinski definition) is 2. The summed E-state index contributed by atoms with van der Waals surface area (Å²) in [7, 11) is 2.15. The lowest BCUT2D eigenvalue weighted by Gasteiger charge is -2.33. The van der Waals surface area contributed by atoms with Gasteiger partial charge in [0.25, 0.3) is 0 Å². The Kier molecular flexibility index (Phi) is 24.4.